The van der Waals surface area contributed by atoms with Crippen LogP contribution in [0.15, 0.2) is 18.5 Å². The zero-order valence-electron chi connectivity index (χ0n) is 11.6. The maximum absolute atomic E-state index is 9.49. The van der Waals surface area contributed by atoms with Crippen LogP contribution < -0.4 is 11.1 Å². The molecule has 4 rings (SSSR count). The molecule has 1 saturated carbocycles. The van der Waals surface area contributed by atoms with Crippen molar-refractivity contribution < 1.29 is 5.11 Å². The zero-order valence-corrected chi connectivity index (χ0v) is 11.6. The lowest BCUT2D eigenvalue weighted by Gasteiger charge is -2.19. The molecular weight excluding hydrogens is 268 g/mol. The first kappa shape index (κ1) is 12.6. The van der Waals surface area contributed by atoms with Gasteiger partial charge in [0.15, 0.2) is 17.0 Å². The highest BCUT2D eigenvalue weighted by Crippen LogP contribution is 2.34. The van der Waals surface area contributed by atoms with Crippen LogP contribution in [0.2, 0.25) is 0 Å². The number of nitrogen functional groups attached to an aromatic ring is 1. The standard InChI is InChI=1S/C14H18N6O/c15-14-18-12(17-9-4-5-9)11-13(19-14)20(7-16-11)10-3-1-2-8(10)6-21/h1-2,7-10,21H,3-6H2,(H3,15,17,18,19). The molecular formula is C14H18N6O. The van der Waals surface area contributed by atoms with Crippen LogP contribution in [0.4, 0.5) is 11.8 Å². The van der Waals surface area contributed by atoms with Gasteiger partial charge in [-0.3, -0.25) is 0 Å². The highest BCUT2D eigenvalue weighted by Gasteiger charge is 2.28. The molecule has 0 saturated heterocycles. The molecule has 0 spiro atoms. The minimum Gasteiger partial charge on any atom is -0.396 e. The third-order valence-corrected chi connectivity index (χ3v) is 4.18. The summed E-state index contributed by atoms with van der Waals surface area (Å²) >= 11 is 0. The fourth-order valence-corrected chi connectivity index (χ4v) is 2.90. The highest BCUT2D eigenvalue weighted by molar-refractivity contribution is 5.84. The molecule has 2 aliphatic rings. The molecule has 4 N–H and O–H groups in total. The average molecular weight is 286 g/mol. The Morgan fingerprint density at radius 1 is 1.38 bits per heavy atom. The number of aromatic nitrogens is 4. The monoisotopic (exact) mass is 286 g/mol. The first-order valence-corrected chi connectivity index (χ1v) is 7.30. The number of aliphatic hydroxyl groups excluding tert-OH is 1. The van der Waals surface area contributed by atoms with E-state index in [1.807, 2.05) is 10.6 Å². The Bertz CT molecular complexity index is 705. The van der Waals surface area contributed by atoms with E-state index in [1.54, 1.807) is 6.33 Å². The van der Waals surface area contributed by atoms with Crippen molar-refractivity contribution in [2.45, 2.75) is 31.3 Å². The maximum Gasteiger partial charge on any atom is 0.224 e. The molecule has 2 atom stereocenters. The lowest BCUT2D eigenvalue weighted by molar-refractivity contribution is 0.218. The van der Waals surface area contributed by atoms with Crippen LogP contribution >= 0.6 is 0 Å². The molecule has 0 aromatic carbocycles. The summed E-state index contributed by atoms with van der Waals surface area (Å²) in [7, 11) is 0. The summed E-state index contributed by atoms with van der Waals surface area (Å²) in [5, 5.41) is 12.8. The number of nitrogens with two attached hydrogens (primary N) is 1. The van der Waals surface area contributed by atoms with Crippen LogP contribution in [0.3, 0.4) is 0 Å². The number of hydrogen-bond donors (Lipinski definition) is 3. The second kappa shape index (κ2) is 4.70. The van der Waals surface area contributed by atoms with Gasteiger partial charge in [-0.05, 0) is 19.3 Å². The van der Waals surface area contributed by atoms with Gasteiger partial charge in [0.1, 0.15) is 0 Å². The number of fused-ring (bicyclic) bond motifs is 1. The van der Waals surface area contributed by atoms with Gasteiger partial charge in [-0.1, -0.05) is 12.2 Å². The molecule has 7 nitrogen and oxygen atoms in total. The summed E-state index contributed by atoms with van der Waals surface area (Å²) < 4.78 is 2.01. The van der Waals surface area contributed by atoms with Crippen molar-refractivity contribution >= 4 is 22.9 Å². The molecule has 2 aliphatic carbocycles. The number of allylic oxidation sites excluding steroid dienone is 1. The number of rotatable bonds is 4. The minimum absolute atomic E-state index is 0.0958. The third-order valence-electron chi connectivity index (χ3n) is 4.18. The van der Waals surface area contributed by atoms with Crippen LogP contribution in [0, 0.1) is 5.92 Å². The summed E-state index contributed by atoms with van der Waals surface area (Å²) in [6, 6.07) is 0.620. The predicted molar refractivity (Wildman–Crippen MR) is 79.7 cm³/mol. The summed E-state index contributed by atoms with van der Waals surface area (Å²) in [5.74, 6) is 1.06. The van der Waals surface area contributed by atoms with Crippen molar-refractivity contribution in [3.05, 3.63) is 18.5 Å². The van der Waals surface area contributed by atoms with E-state index in [0.717, 1.165) is 30.4 Å². The molecule has 2 unspecified atom stereocenters. The predicted octanol–water partition coefficient (Wildman–Crippen LogP) is 1.09. The van der Waals surface area contributed by atoms with Crippen LogP contribution in [-0.4, -0.2) is 37.3 Å². The number of aliphatic hydroxyl groups is 1. The van der Waals surface area contributed by atoms with E-state index in [2.05, 4.69) is 26.3 Å². The van der Waals surface area contributed by atoms with E-state index in [0.29, 0.717) is 11.9 Å². The van der Waals surface area contributed by atoms with Gasteiger partial charge in [0.2, 0.25) is 5.95 Å². The molecule has 110 valence electrons. The lowest BCUT2D eigenvalue weighted by atomic mass is 10.1. The SMILES string of the molecule is Nc1nc(NC2CC2)c2ncn(C3CC=CC3CO)c2n1. The quantitative estimate of drug-likeness (QED) is 0.727. The normalized spacial score (nSPS) is 24.8. The fraction of sp³-hybridized carbons (Fsp3) is 0.500. The van der Waals surface area contributed by atoms with Crippen LogP contribution in [-0.2, 0) is 0 Å². The average Bonchev–Trinajstić information content (AvgIpc) is 3.01. The van der Waals surface area contributed by atoms with Crippen molar-refractivity contribution in [1.82, 2.24) is 19.5 Å². The molecule has 2 heterocycles. The molecule has 2 aromatic heterocycles. The summed E-state index contributed by atoms with van der Waals surface area (Å²) in [4.78, 5) is 13.1. The topological polar surface area (TPSA) is 102 Å². The molecule has 1 fully saturated rings. The highest BCUT2D eigenvalue weighted by atomic mass is 16.3. The van der Waals surface area contributed by atoms with Crippen molar-refractivity contribution in [2.75, 3.05) is 17.7 Å². The number of anilines is 2. The van der Waals surface area contributed by atoms with Gasteiger partial charge in [0.25, 0.3) is 0 Å². The number of imidazole rings is 1. The zero-order chi connectivity index (χ0) is 14.4. The van der Waals surface area contributed by atoms with Gasteiger partial charge in [-0.2, -0.15) is 9.97 Å². The second-order valence-electron chi connectivity index (χ2n) is 5.75. The summed E-state index contributed by atoms with van der Waals surface area (Å²) in [6.07, 6.45) is 9.09. The number of nitrogens with zero attached hydrogens (tertiary/aromatic N) is 4. The maximum atomic E-state index is 9.49. The Hall–Kier alpha value is -2.15. The molecule has 0 radical (unpaired) electrons. The Balaban J connectivity index is 1.78. The van der Waals surface area contributed by atoms with Gasteiger partial charge in [-0.15, -0.1) is 0 Å². The van der Waals surface area contributed by atoms with E-state index in [4.69, 9.17) is 5.73 Å². The van der Waals surface area contributed by atoms with Gasteiger partial charge in [-0.25, -0.2) is 4.98 Å². The van der Waals surface area contributed by atoms with Crippen molar-refractivity contribution in [1.29, 1.82) is 0 Å². The first-order chi connectivity index (χ1) is 10.3. The molecule has 2 aromatic rings. The van der Waals surface area contributed by atoms with Crippen LogP contribution in [0.5, 0.6) is 0 Å². The summed E-state index contributed by atoms with van der Waals surface area (Å²) in [6.45, 7) is 0.120. The molecule has 7 heteroatoms. The van der Waals surface area contributed by atoms with E-state index in [1.165, 1.54) is 0 Å². The van der Waals surface area contributed by atoms with Gasteiger partial charge < -0.3 is 20.7 Å². The summed E-state index contributed by atoms with van der Waals surface area (Å²) in [5.41, 5.74) is 7.33. The molecule has 0 amide bonds. The Morgan fingerprint density at radius 2 is 2.24 bits per heavy atom. The van der Waals surface area contributed by atoms with E-state index in [9.17, 15) is 5.11 Å². The third kappa shape index (κ3) is 2.13. The van der Waals surface area contributed by atoms with Crippen molar-refractivity contribution in [2.24, 2.45) is 5.92 Å². The second-order valence-corrected chi connectivity index (χ2v) is 5.75. The Labute approximate surface area is 121 Å². The molecule has 0 aliphatic heterocycles. The van der Waals surface area contributed by atoms with Gasteiger partial charge in [0.05, 0.1) is 12.9 Å². The van der Waals surface area contributed by atoms with Crippen LogP contribution in [0.25, 0.3) is 11.2 Å². The number of nitrogens with one attached hydrogen (secondary N) is 1. The van der Waals surface area contributed by atoms with E-state index in [-0.39, 0.29) is 24.5 Å². The van der Waals surface area contributed by atoms with Gasteiger partial charge >= 0.3 is 0 Å². The smallest absolute Gasteiger partial charge is 0.224 e. The Kier molecular flexibility index (Phi) is 2.81. The van der Waals surface area contributed by atoms with Gasteiger partial charge in [0, 0.05) is 18.0 Å². The van der Waals surface area contributed by atoms with E-state index < -0.39 is 0 Å². The number of hydrogen-bond acceptors (Lipinski definition) is 6. The van der Waals surface area contributed by atoms with Crippen molar-refractivity contribution in [3.63, 3.8) is 0 Å². The minimum atomic E-state index is 0.0958. The largest absolute Gasteiger partial charge is 0.396 e. The fourth-order valence-electron chi connectivity index (χ4n) is 2.90. The Morgan fingerprint density at radius 3 is 3.00 bits per heavy atom. The first-order valence-electron chi connectivity index (χ1n) is 7.30. The molecule has 21 heavy (non-hydrogen) atoms. The molecule has 0 bridgehead atoms. The van der Waals surface area contributed by atoms with E-state index >= 15 is 0 Å². The lowest BCUT2D eigenvalue weighted by Crippen LogP contribution is -2.17. The van der Waals surface area contributed by atoms with Crippen LogP contribution in [0.1, 0.15) is 25.3 Å². The van der Waals surface area contributed by atoms with Crippen molar-refractivity contribution in [3.8, 4) is 0 Å².